The highest BCUT2D eigenvalue weighted by molar-refractivity contribution is 5.45. The maximum Gasteiger partial charge on any atom is 0.151 e. The minimum Gasteiger partial charge on any atom is -0.493 e. The number of ether oxygens (including phenoxy) is 1. The van der Waals surface area contributed by atoms with E-state index in [0.717, 1.165) is 43.4 Å². The van der Waals surface area contributed by atoms with Crippen molar-refractivity contribution in [3.63, 3.8) is 0 Å². The lowest BCUT2D eigenvalue weighted by Gasteiger charge is -2.52. The average molecular weight is 267 g/mol. The molecule has 0 N–H and O–H groups in total. The van der Waals surface area contributed by atoms with E-state index in [9.17, 15) is 0 Å². The van der Waals surface area contributed by atoms with Gasteiger partial charge in [0.25, 0.3) is 0 Å². The van der Waals surface area contributed by atoms with Crippen LogP contribution in [0.5, 0.6) is 5.75 Å². The standard InChI is InChI=1S/C16H17N3O/c1-12-6-7-15(18-17-12)19-9-16(10-19)8-13-4-2-3-5-14(13)20-11-16/h2-7H,8-11H2,1H3. The van der Waals surface area contributed by atoms with Crippen LogP contribution in [0.3, 0.4) is 0 Å². The molecule has 1 spiro atoms. The van der Waals surface area contributed by atoms with E-state index in [2.05, 4.69) is 33.3 Å². The summed E-state index contributed by atoms with van der Waals surface area (Å²) in [6.07, 6.45) is 1.10. The van der Waals surface area contributed by atoms with Crippen LogP contribution in [0.15, 0.2) is 36.4 Å². The monoisotopic (exact) mass is 267 g/mol. The van der Waals surface area contributed by atoms with Crippen molar-refractivity contribution in [3.05, 3.63) is 47.7 Å². The predicted octanol–water partition coefficient (Wildman–Crippen LogP) is 2.23. The number of anilines is 1. The summed E-state index contributed by atoms with van der Waals surface area (Å²) in [4.78, 5) is 2.28. The number of hydrogen-bond acceptors (Lipinski definition) is 4. The van der Waals surface area contributed by atoms with Crippen molar-refractivity contribution in [1.82, 2.24) is 10.2 Å². The minimum atomic E-state index is 0.251. The third kappa shape index (κ3) is 1.83. The number of fused-ring (bicyclic) bond motifs is 1. The highest BCUT2D eigenvalue weighted by Gasteiger charge is 2.46. The van der Waals surface area contributed by atoms with E-state index in [4.69, 9.17) is 4.74 Å². The zero-order chi connectivity index (χ0) is 13.6. The predicted molar refractivity (Wildman–Crippen MR) is 77.1 cm³/mol. The van der Waals surface area contributed by atoms with Crippen LogP contribution in [0.4, 0.5) is 5.82 Å². The molecule has 102 valence electrons. The summed E-state index contributed by atoms with van der Waals surface area (Å²) in [5.74, 6) is 2.02. The smallest absolute Gasteiger partial charge is 0.151 e. The van der Waals surface area contributed by atoms with Crippen molar-refractivity contribution in [3.8, 4) is 5.75 Å². The lowest BCUT2D eigenvalue weighted by molar-refractivity contribution is 0.0873. The summed E-state index contributed by atoms with van der Waals surface area (Å²) < 4.78 is 5.92. The molecule has 0 aliphatic carbocycles. The fraction of sp³-hybridized carbons (Fsp3) is 0.375. The first-order valence-electron chi connectivity index (χ1n) is 7.00. The van der Waals surface area contributed by atoms with Gasteiger partial charge in [-0.2, -0.15) is 5.10 Å². The van der Waals surface area contributed by atoms with Crippen molar-refractivity contribution >= 4 is 5.82 Å². The molecule has 4 rings (SSSR count). The number of aromatic nitrogens is 2. The van der Waals surface area contributed by atoms with Gasteiger partial charge in [0.1, 0.15) is 5.75 Å². The second-order valence-electron chi connectivity index (χ2n) is 5.96. The number of aryl methyl sites for hydroxylation is 1. The van der Waals surface area contributed by atoms with E-state index in [-0.39, 0.29) is 5.41 Å². The zero-order valence-electron chi connectivity index (χ0n) is 11.5. The first-order valence-corrected chi connectivity index (χ1v) is 7.00. The fourth-order valence-electron chi connectivity index (χ4n) is 3.17. The maximum absolute atomic E-state index is 5.92. The normalized spacial score (nSPS) is 19.1. The molecular formula is C16H17N3O. The third-order valence-corrected chi connectivity index (χ3v) is 4.23. The van der Waals surface area contributed by atoms with Gasteiger partial charge in [-0.15, -0.1) is 5.10 Å². The van der Waals surface area contributed by atoms with E-state index in [1.165, 1.54) is 5.56 Å². The molecule has 4 heteroatoms. The fourth-order valence-corrected chi connectivity index (χ4v) is 3.17. The van der Waals surface area contributed by atoms with Crippen molar-refractivity contribution in [1.29, 1.82) is 0 Å². The summed E-state index contributed by atoms with van der Waals surface area (Å²) in [5.41, 5.74) is 2.54. The van der Waals surface area contributed by atoms with Gasteiger partial charge in [-0.3, -0.25) is 0 Å². The Hall–Kier alpha value is -2.10. The molecule has 3 heterocycles. The molecule has 1 aromatic carbocycles. The van der Waals surface area contributed by atoms with Gasteiger partial charge >= 0.3 is 0 Å². The zero-order valence-corrected chi connectivity index (χ0v) is 11.5. The summed E-state index contributed by atoms with van der Waals surface area (Å²) in [6, 6.07) is 12.4. The molecule has 0 radical (unpaired) electrons. The molecule has 2 aromatic rings. The Bertz CT molecular complexity index is 632. The van der Waals surface area contributed by atoms with E-state index in [1.807, 2.05) is 25.1 Å². The van der Waals surface area contributed by atoms with Gasteiger partial charge in [0.2, 0.25) is 0 Å². The number of benzene rings is 1. The Kier molecular flexibility index (Phi) is 2.46. The Balaban J connectivity index is 1.50. The molecule has 0 bridgehead atoms. The minimum absolute atomic E-state index is 0.251. The van der Waals surface area contributed by atoms with Gasteiger partial charge in [0, 0.05) is 18.5 Å². The van der Waals surface area contributed by atoms with E-state index >= 15 is 0 Å². The number of para-hydroxylation sites is 1. The Labute approximate surface area is 118 Å². The van der Waals surface area contributed by atoms with Gasteiger partial charge in [0.05, 0.1) is 12.3 Å². The van der Waals surface area contributed by atoms with Crippen LogP contribution in [0, 0.1) is 12.3 Å². The van der Waals surface area contributed by atoms with Gasteiger partial charge in [-0.25, -0.2) is 0 Å². The van der Waals surface area contributed by atoms with Crippen molar-refractivity contribution in [2.24, 2.45) is 5.41 Å². The molecule has 2 aliphatic rings. The van der Waals surface area contributed by atoms with Crippen LogP contribution in [0.1, 0.15) is 11.3 Å². The molecule has 0 saturated carbocycles. The van der Waals surface area contributed by atoms with Crippen molar-refractivity contribution in [2.45, 2.75) is 13.3 Å². The molecule has 0 unspecified atom stereocenters. The molecule has 20 heavy (non-hydrogen) atoms. The summed E-state index contributed by atoms with van der Waals surface area (Å²) in [7, 11) is 0. The van der Waals surface area contributed by atoms with Crippen molar-refractivity contribution < 1.29 is 4.74 Å². The van der Waals surface area contributed by atoms with E-state index in [1.54, 1.807) is 0 Å². The highest BCUT2D eigenvalue weighted by atomic mass is 16.5. The molecule has 1 fully saturated rings. The molecule has 0 atom stereocenters. The molecular weight excluding hydrogens is 250 g/mol. The molecule has 0 amide bonds. The number of rotatable bonds is 1. The first kappa shape index (κ1) is 11.7. The summed E-state index contributed by atoms with van der Waals surface area (Å²) >= 11 is 0. The Morgan fingerprint density at radius 3 is 2.75 bits per heavy atom. The first-order chi connectivity index (χ1) is 9.74. The SMILES string of the molecule is Cc1ccc(N2CC3(COc4ccccc4C3)C2)nn1. The average Bonchev–Trinajstić information content (AvgIpc) is 2.45. The van der Waals surface area contributed by atoms with Crippen LogP contribution in [0.2, 0.25) is 0 Å². The number of nitrogens with zero attached hydrogens (tertiary/aromatic N) is 3. The third-order valence-electron chi connectivity index (χ3n) is 4.23. The molecule has 1 saturated heterocycles. The molecule has 2 aliphatic heterocycles. The topological polar surface area (TPSA) is 38.2 Å². The van der Waals surface area contributed by atoms with Crippen molar-refractivity contribution in [2.75, 3.05) is 24.6 Å². The highest BCUT2D eigenvalue weighted by Crippen LogP contribution is 2.42. The molecule has 4 nitrogen and oxygen atoms in total. The van der Waals surface area contributed by atoms with Crippen LogP contribution < -0.4 is 9.64 Å². The van der Waals surface area contributed by atoms with Gasteiger partial charge in [-0.1, -0.05) is 18.2 Å². The lowest BCUT2D eigenvalue weighted by Crippen LogP contribution is -2.61. The number of hydrogen-bond donors (Lipinski definition) is 0. The van der Waals surface area contributed by atoms with E-state index in [0.29, 0.717) is 0 Å². The van der Waals surface area contributed by atoms with Gasteiger partial charge in [0.15, 0.2) is 5.82 Å². The summed E-state index contributed by atoms with van der Waals surface area (Å²) in [6.45, 7) is 4.76. The second-order valence-corrected chi connectivity index (χ2v) is 5.96. The second kappa shape index (κ2) is 4.20. The Morgan fingerprint density at radius 1 is 1.10 bits per heavy atom. The molecule has 1 aromatic heterocycles. The van der Waals surface area contributed by atoms with Crippen LogP contribution >= 0.6 is 0 Å². The van der Waals surface area contributed by atoms with Crippen LogP contribution in [-0.4, -0.2) is 29.9 Å². The van der Waals surface area contributed by atoms with Crippen LogP contribution in [-0.2, 0) is 6.42 Å². The largest absolute Gasteiger partial charge is 0.493 e. The maximum atomic E-state index is 5.92. The van der Waals surface area contributed by atoms with Crippen LogP contribution in [0.25, 0.3) is 0 Å². The summed E-state index contributed by atoms with van der Waals surface area (Å²) in [5, 5.41) is 8.39. The Morgan fingerprint density at radius 2 is 1.95 bits per heavy atom. The van der Waals surface area contributed by atoms with Gasteiger partial charge < -0.3 is 9.64 Å². The van der Waals surface area contributed by atoms with Gasteiger partial charge in [-0.05, 0) is 37.1 Å². The quantitative estimate of drug-likeness (QED) is 0.794. The van der Waals surface area contributed by atoms with E-state index < -0.39 is 0 Å². The lowest BCUT2D eigenvalue weighted by atomic mass is 9.74.